The molecule has 1 fully saturated rings. The molecule has 8 nitrogen and oxygen atoms in total. The number of carboxylic acids is 1. The number of hydrogen-bond donors (Lipinski definition) is 3. The van der Waals surface area contributed by atoms with E-state index in [1.54, 1.807) is 0 Å². The van der Waals surface area contributed by atoms with Crippen LogP contribution < -0.4 is 10.0 Å². The molecule has 1 saturated heterocycles. The third kappa shape index (κ3) is 4.90. The molecule has 0 bridgehead atoms. The summed E-state index contributed by atoms with van der Waals surface area (Å²) in [4.78, 5) is 10.6. The molecular formula is C13H17ClN2O6S2. The Morgan fingerprint density at radius 1 is 1.33 bits per heavy atom. The molecule has 0 saturated carbocycles. The zero-order valence-electron chi connectivity index (χ0n) is 12.5. The van der Waals surface area contributed by atoms with Crippen molar-refractivity contribution in [2.24, 2.45) is 0 Å². The zero-order chi connectivity index (χ0) is 18.0. The Bertz CT molecular complexity index is 838. The molecule has 1 aliphatic heterocycles. The van der Waals surface area contributed by atoms with Gasteiger partial charge in [0.2, 0.25) is 10.0 Å². The fraction of sp³-hybridized carbons (Fsp3) is 0.462. The quantitative estimate of drug-likeness (QED) is 0.557. The van der Waals surface area contributed by atoms with Crippen LogP contribution in [0, 0.1) is 0 Å². The van der Waals surface area contributed by atoms with E-state index in [0.717, 1.165) is 6.07 Å². The van der Waals surface area contributed by atoms with Gasteiger partial charge in [-0.1, -0.05) is 11.6 Å². The first-order valence-electron chi connectivity index (χ1n) is 7.07. The molecule has 0 unspecified atom stereocenters. The second-order valence-corrected chi connectivity index (χ2v) is 9.77. The number of sulfone groups is 1. The molecule has 134 valence electrons. The summed E-state index contributed by atoms with van der Waals surface area (Å²) in [7, 11) is -6.97. The first-order valence-corrected chi connectivity index (χ1v) is 10.8. The molecule has 0 radical (unpaired) electrons. The third-order valence-electron chi connectivity index (χ3n) is 3.55. The lowest BCUT2D eigenvalue weighted by molar-refractivity contribution is 0.0696. The van der Waals surface area contributed by atoms with Gasteiger partial charge in [0.1, 0.15) is 4.90 Å². The lowest BCUT2D eigenvalue weighted by atomic mass is 10.2. The molecular weight excluding hydrogens is 380 g/mol. The number of carboxylic acid groups (broad SMARTS) is 1. The zero-order valence-corrected chi connectivity index (χ0v) is 14.9. The van der Waals surface area contributed by atoms with Gasteiger partial charge in [-0.25, -0.2) is 26.4 Å². The highest BCUT2D eigenvalue weighted by atomic mass is 35.5. The van der Waals surface area contributed by atoms with Crippen LogP contribution in [0.1, 0.15) is 16.8 Å². The lowest BCUT2D eigenvalue weighted by Gasteiger charge is -2.12. The van der Waals surface area contributed by atoms with E-state index in [1.165, 1.54) is 12.1 Å². The Morgan fingerprint density at radius 2 is 2.04 bits per heavy atom. The molecule has 0 amide bonds. The van der Waals surface area contributed by atoms with Crippen LogP contribution >= 0.6 is 11.6 Å². The molecule has 1 aromatic rings. The minimum Gasteiger partial charge on any atom is -0.478 e. The predicted molar refractivity (Wildman–Crippen MR) is 88.7 cm³/mol. The minimum atomic E-state index is -3.97. The summed E-state index contributed by atoms with van der Waals surface area (Å²) in [6, 6.07) is 3.23. The van der Waals surface area contributed by atoms with Gasteiger partial charge < -0.3 is 10.4 Å². The maximum Gasteiger partial charge on any atom is 0.335 e. The van der Waals surface area contributed by atoms with E-state index >= 15 is 0 Å². The van der Waals surface area contributed by atoms with E-state index in [4.69, 9.17) is 16.7 Å². The van der Waals surface area contributed by atoms with Crippen LogP contribution in [0.3, 0.4) is 0 Å². The molecule has 1 atom stereocenters. The van der Waals surface area contributed by atoms with Crippen LogP contribution in [0.4, 0.5) is 0 Å². The summed E-state index contributed by atoms with van der Waals surface area (Å²) in [5, 5.41) is 11.8. The van der Waals surface area contributed by atoms with Gasteiger partial charge in [-0.2, -0.15) is 0 Å². The number of nitrogens with one attached hydrogen (secondary N) is 2. The van der Waals surface area contributed by atoms with Gasteiger partial charge in [-0.3, -0.25) is 0 Å². The van der Waals surface area contributed by atoms with Crippen LogP contribution in [0.15, 0.2) is 23.1 Å². The number of halogens is 1. The second kappa shape index (κ2) is 7.36. The first kappa shape index (κ1) is 19.1. The molecule has 0 aliphatic carbocycles. The van der Waals surface area contributed by atoms with Crippen LogP contribution in [0.2, 0.25) is 5.02 Å². The van der Waals surface area contributed by atoms with E-state index in [0.29, 0.717) is 6.42 Å². The Morgan fingerprint density at radius 3 is 2.62 bits per heavy atom. The third-order valence-corrected chi connectivity index (χ3v) is 7.26. The average molecular weight is 397 g/mol. The Kier molecular flexibility index (Phi) is 5.87. The SMILES string of the molecule is O=C(O)c1ccc(Cl)c(S(=O)(=O)NCCN[C@@H]2CCS(=O)(=O)C2)c1. The number of hydrogen-bond acceptors (Lipinski definition) is 6. The van der Waals surface area contributed by atoms with Crippen molar-refractivity contribution in [2.75, 3.05) is 24.6 Å². The molecule has 1 aromatic carbocycles. The van der Waals surface area contributed by atoms with Crippen LogP contribution in [0.5, 0.6) is 0 Å². The van der Waals surface area contributed by atoms with E-state index in [2.05, 4.69) is 10.0 Å². The van der Waals surface area contributed by atoms with Crippen LogP contribution in [0.25, 0.3) is 0 Å². The van der Waals surface area contributed by atoms with Crippen molar-refractivity contribution in [1.29, 1.82) is 0 Å². The van der Waals surface area contributed by atoms with Gasteiger partial charge in [0.05, 0.1) is 22.1 Å². The first-order chi connectivity index (χ1) is 11.1. The van der Waals surface area contributed by atoms with Crippen LogP contribution in [-0.2, 0) is 19.9 Å². The van der Waals surface area contributed by atoms with Gasteiger partial charge >= 0.3 is 5.97 Å². The molecule has 1 heterocycles. The summed E-state index contributed by atoms with van der Waals surface area (Å²) >= 11 is 5.84. The molecule has 24 heavy (non-hydrogen) atoms. The fourth-order valence-corrected chi connectivity index (χ4v) is 5.60. The van der Waals surface area contributed by atoms with E-state index in [9.17, 15) is 21.6 Å². The van der Waals surface area contributed by atoms with Crippen molar-refractivity contribution in [2.45, 2.75) is 17.4 Å². The summed E-state index contributed by atoms with van der Waals surface area (Å²) in [5.74, 6) is -1.08. The Hall–Kier alpha value is -1.20. The van der Waals surface area contributed by atoms with Gasteiger partial charge in [0, 0.05) is 19.1 Å². The Balaban J connectivity index is 1.94. The number of carbonyl (C=O) groups is 1. The number of rotatable bonds is 7. The van der Waals surface area contributed by atoms with Gasteiger partial charge in [-0.15, -0.1) is 0 Å². The summed E-state index contributed by atoms with van der Waals surface area (Å²) < 4.78 is 49.4. The van der Waals surface area contributed by atoms with Crippen molar-refractivity contribution in [3.8, 4) is 0 Å². The lowest BCUT2D eigenvalue weighted by Crippen LogP contribution is -2.37. The molecule has 11 heteroatoms. The van der Waals surface area contributed by atoms with Crippen molar-refractivity contribution in [3.63, 3.8) is 0 Å². The van der Waals surface area contributed by atoms with Gasteiger partial charge in [0.25, 0.3) is 0 Å². The summed E-state index contributed by atoms with van der Waals surface area (Å²) in [5.41, 5.74) is -0.186. The smallest absolute Gasteiger partial charge is 0.335 e. The molecule has 2 rings (SSSR count). The highest BCUT2D eigenvalue weighted by Crippen LogP contribution is 2.22. The number of benzene rings is 1. The monoisotopic (exact) mass is 396 g/mol. The average Bonchev–Trinajstić information content (AvgIpc) is 2.83. The van der Waals surface area contributed by atoms with E-state index in [-0.39, 0.29) is 46.1 Å². The van der Waals surface area contributed by atoms with E-state index < -0.39 is 25.8 Å². The highest BCUT2D eigenvalue weighted by molar-refractivity contribution is 7.91. The fourth-order valence-electron chi connectivity index (χ4n) is 2.34. The van der Waals surface area contributed by atoms with Crippen molar-refractivity contribution in [1.82, 2.24) is 10.0 Å². The van der Waals surface area contributed by atoms with Gasteiger partial charge in [0.15, 0.2) is 9.84 Å². The number of aromatic carboxylic acids is 1. The molecule has 0 spiro atoms. The topological polar surface area (TPSA) is 130 Å². The largest absolute Gasteiger partial charge is 0.478 e. The normalized spacial score (nSPS) is 20.1. The maximum atomic E-state index is 12.2. The van der Waals surface area contributed by atoms with Gasteiger partial charge in [-0.05, 0) is 24.6 Å². The van der Waals surface area contributed by atoms with Crippen molar-refractivity contribution >= 4 is 37.4 Å². The van der Waals surface area contributed by atoms with Crippen LogP contribution in [-0.4, -0.2) is 58.5 Å². The predicted octanol–water partition coefficient (Wildman–Crippen LogP) is 0.0932. The highest BCUT2D eigenvalue weighted by Gasteiger charge is 2.27. The summed E-state index contributed by atoms with van der Waals surface area (Å²) in [6.07, 6.45) is 0.502. The maximum absolute atomic E-state index is 12.2. The molecule has 1 aliphatic rings. The van der Waals surface area contributed by atoms with Crippen molar-refractivity contribution in [3.05, 3.63) is 28.8 Å². The van der Waals surface area contributed by atoms with E-state index in [1.807, 2.05) is 0 Å². The molecule has 0 aromatic heterocycles. The summed E-state index contributed by atoms with van der Waals surface area (Å²) in [6.45, 7) is 0.266. The Labute approximate surface area is 145 Å². The number of sulfonamides is 1. The molecule has 3 N–H and O–H groups in total. The minimum absolute atomic E-state index is 0.0203. The standard InChI is InChI=1S/C13H17ClN2O6S2/c14-11-2-1-9(13(17)18)7-12(11)24(21,22)16-5-4-15-10-3-6-23(19,20)8-10/h1-2,7,10,15-16H,3-6,8H2,(H,17,18)/t10-/m1/s1. The van der Waals surface area contributed by atoms with Crippen molar-refractivity contribution < 1.29 is 26.7 Å². The second-order valence-electron chi connectivity index (χ2n) is 5.40.